The third-order valence-corrected chi connectivity index (χ3v) is 3.91. The first-order valence-electron chi connectivity index (χ1n) is 7.53. The average molecular weight is 304 g/mol. The number of hydrogen-bond acceptors (Lipinski definition) is 5. The summed E-state index contributed by atoms with van der Waals surface area (Å²) >= 11 is 0. The molecule has 1 aromatic carbocycles. The fourth-order valence-corrected chi connectivity index (χ4v) is 2.69. The summed E-state index contributed by atoms with van der Waals surface area (Å²) in [4.78, 5) is 17.4. The predicted molar refractivity (Wildman–Crippen MR) is 81.0 cm³/mol. The van der Waals surface area contributed by atoms with Crippen molar-refractivity contribution in [2.75, 3.05) is 20.3 Å². The molecule has 22 heavy (non-hydrogen) atoms. The Labute approximate surface area is 129 Å². The van der Waals surface area contributed by atoms with E-state index in [0.717, 1.165) is 36.5 Å². The minimum atomic E-state index is -0.582. The van der Waals surface area contributed by atoms with Crippen molar-refractivity contribution in [3.63, 3.8) is 0 Å². The number of nitrogens with zero attached hydrogens (tertiary/aromatic N) is 1. The molecule has 1 fully saturated rings. The van der Waals surface area contributed by atoms with Gasteiger partial charge in [-0.3, -0.25) is 4.79 Å². The van der Waals surface area contributed by atoms with Gasteiger partial charge >= 0.3 is 0 Å². The Balaban J connectivity index is 1.55. The van der Waals surface area contributed by atoms with Gasteiger partial charge in [0.2, 0.25) is 6.10 Å². The first-order valence-corrected chi connectivity index (χ1v) is 7.53. The number of oxime groups is 1. The predicted octanol–water partition coefficient (Wildman–Crippen LogP) is 1.48. The number of nitrogens with one attached hydrogen (secondary N) is 1. The Morgan fingerprint density at radius 3 is 3.09 bits per heavy atom. The quantitative estimate of drug-likeness (QED) is 0.894. The number of benzene rings is 1. The van der Waals surface area contributed by atoms with Crippen molar-refractivity contribution in [1.29, 1.82) is 0 Å². The standard InChI is InChI=1S/C16H20N2O4/c1-20-14-7-3-2-6-12(14)13-9-15(22-18-13)16(19)17-10-11-5-4-8-21-11/h2-3,6-7,11,15H,4-5,8-10H2,1H3,(H,17,19)/t11-,15+/m1/s1. The Bertz CT molecular complexity index is 567. The van der Waals surface area contributed by atoms with Crippen LogP contribution in [0.5, 0.6) is 5.75 Å². The van der Waals surface area contributed by atoms with Crippen molar-refractivity contribution in [3.05, 3.63) is 29.8 Å². The molecular formula is C16H20N2O4. The zero-order chi connectivity index (χ0) is 15.4. The summed E-state index contributed by atoms with van der Waals surface area (Å²) in [5.41, 5.74) is 1.59. The lowest BCUT2D eigenvalue weighted by Crippen LogP contribution is -2.39. The van der Waals surface area contributed by atoms with Crippen molar-refractivity contribution >= 4 is 11.6 Å². The van der Waals surface area contributed by atoms with Crippen LogP contribution in [0.4, 0.5) is 0 Å². The van der Waals surface area contributed by atoms with Gasteiger partial charge in [-0.1, -0.05) is 17.3 Å². The molecular weight excluding hydrogens is 284 g/mol. The average Bonchev–Trinajstić information content (AvgIpc) is 3.24. The summed E-state index contributed by atoms with van der Waals surface area (Å²) in [5, 5.41) is 6.92. The first-order chi connectivity index (χ1) is 10.8. The molecule has 1 amide bonds. The number of carbonyl (C=O) groups is 1. The summed E-state index contributed by atoms with van der Waals surface area (Å²) in [7, 11) is 1.61. The second kappa shape index (κ2) is 6.79. The topological polar surface area (TPSA) is 69.2 Å². The van der Waals surface area contributed by atoms with E-state index in [0.29, 0.717) is 13.0 Å². The van der Waals surface area contributed by atoms with Crippen LogP contribution in [0.3, 0.4) is 0 Å². The smallest absolute Gasteiger partial charge is 0.264 e. The van der Waals surface area contributed by atoms with Gasteiger partial charge in [-0.05, 0) is 25.0 Å². The second-order valence-electron chi connectivity index (χ2n) is 5.42. The molecule has 0 radical (unpaired) electrons. The molecule has 0 aromatic heterocycles. The van der Waals surface area contributed by atoms with Gasteiger partial charge in [-0.25, -0.2) is 0 Å². The van der Waals surface area contributed by atoms with Gasteiger partial charge in [0.1, 0.15) is 5.75 Å². The van der Waals surface area contributed by atoms with Crippen LogP contribution >= 0.6 is 0 Å². The summed E-state index contributed by atoms with van der Waals surface area (Å²) in [5.74, 6) is 0.578. The van der Waals surface area contributed by atoms with Crippen LogP contribution in [0.15, 0.2) is 29.4 Å². The zero-order valence-corrected chi connectivity index (χ0v) is 12.6. The highest BCUT2D eigenvalue weighted by Gasteiger charge is 2.30. The minimum absolute atomic E-state index is 0.125. The lowest BCUT2D eigenvalue weighted by atomic mass is 10.0. The van der Waals surface area contributed by atoms with E-state index in [9.17, 15) is 4.79 Å². The molecule has 0 spiro atoms. The van der Waals surface area contributed by atoms with Crippen LogP contribution < -0.4 is 10.1 Å². The van der Waals surface area contributed by atoms with E-state index in [-0.39, 0.29) is 12.0 Å². The molecule has 2 aliphatic heterocycles. The fourth-order valence-electron chi connectivity index (χ4n) is 2.69. The van der Waals surface area contributed by atoms with Gasteiger partial charge in [0.15, 0.2) is 0 Å². The van der Waals surface area contributed by atoms with Crippen LogP contribution in [0, 0.1) is 0 Å². The Hall–Kier alpha value is -2.08. The summed E-state index contributed by atoms with van der Waals surface area (Å²) < 4.78 is 10.8. The van der Waals surface area contributed by atoms with Gasteiger partial charge in [-0.15, -0.1) is 0 Å². The molecule has 1 aromatic rings. The van der Waals surface area contributed by atoms with Crippen molar-refractivity contribution in [2.45, 2.75) is 31.5 Å². The number of methoxy groups -OCH3 is 1. The van der Waals surface area contributed by atoms with E-state index in [1.165, 1.54) is 0 Å². The third-order valence-electron chi connectivity index (χ3n) is 3.91. The van der Waals surface area contributed by atoms with E-state index in [1.54, 1.807) is 7.11 Å². The molecule has 118 valence electrons. The van der Waals surface area contributed by atoms with E-state index in [4.69, 9.17) is 14.3 Å². The van der Waals surface area contributed by atoms with Gasteiger partial charge < -0.3 is 19.6 Å². The maximum absolute atomic E-state index is 12.1. The maximum Gasteiger partial charge on any atom is 0.264 e. The maximum atomic E-state index is 12.1. The summed E-state index contributed by atoms with van der Waals surface area (Å²) in [6.45, 7) is 1.31. The molecule has 3 rings (SSSR count). The molecule has 0 unspecified atom stereocenters. The number of para-hydroxylation sites is 1. The Kier molecular flexibility index (Phi) is 4.58. The van der Waals surface area contributed by atoms with Crippen LogP contribution in [0.2, 0.25) is 0 Å². The van der Waals surface area contributed by atoms with Crippen LogP contribution in [0.1, 0.15) is 24.8 Å². The van der Waals surface area contributed by atoms with Gasteiger partial charge in [-0.2, -0.15) is 0 Å². The summed E-state index contributed by atoms with van der Waals surface area (Å²) in [6.07, 6.45) is 2.04. The molecule has 1 saturated heterocycles. The number of carbonyl (C=O) groups excluding carboxylic acids is 1. The molecule has 0 saturated carbocycles. The number of ether oxygens (including phenoxy) is 2. The summed E-state index contributed by atoms with van der Waals surface area (Å²) in [6, 6.07) is 7.58. The zero-order valence-electron chi connectivity index (χ0n) is 12.6. The number of hydrogen-bond donors (Lipinski definition) is 1. The highest BCUT2D eigenvalue weighted by molar-refractivity contribution is 6.05. The van der Waals surface area contributed by atoms with E-state index in [1.807, 2.05) is 24.3 Å². The number of amides is 1. The molecule has 2 heterocycles. The molecule has 2 atom stereocenters. The monoisotopic (exact) mass is 304 g/mol. The lowest BCUT2D eigenvalue weighted by molar-refractivity contribution is -0.131. The van der Waals surface area contributed by atoms with E-state index < -0.39 is 6.10 Å². The number of rotatable bonds is 5. The lowest BCUT2D eigenvalue weighted by Gasteiger charge is -2.13. The van der Waals surface area contributed by atoms with Crippen molar-refractivity contribution < 1.29 is 19.1 Å². The van der Waals surface area contributed by atoms with Crippen LogP contribution in [-0.4, -0.2) is 44.1 Å². The molecule has 0 bridgehead atoms. The highest BCUT2D eigenvalue weighted by Crippen LogP contribution is 2.24. The largest absolute Gasteiger partial charge is 0.496 e. The molecule has 1 N–H and O–H groups in total. The van der Waals surface area contributed by atoms with E-state index >= 15 is 0 Å². The van der Waals surface area contributed by atoms with E-state index in [2.05, 4.69) is 10.5 Å². The molecule has 6 heteroatoms. The van der Waals surface area contributed by atoms with Crippen LogP contribution in [0.25, 0.3) is 0 Å². The molecule has 2 aliphatic rings. The fraction of sp³-hybridized carbons (Fsp3) is 0.500. The van der Waals surface area contributed by atoms with Crippen molar-refractivity contribution in [1.82, 2.24) is 5.32 Å². The van der Waals surface area contributed by atoms with Crippen molar-refractivity contribution in [3.8, 4) is 5.75 Å². The molecule has 6 nitrogen and oxygen atoms in total. The SMILES string of the molecule is COc1ccccc1C1=NO[C@H](C(=O)NC[C@H]2CCCO2)C1. The minimum Gasteiger partial charge on any atom is -0.496 e. The van der Waals surface area contributed by atoms with Crippen LogP contribution in [-0.2, 0) is 14.4 Å². The molecule has 0 aliphatic carbocycles. The normalized spacial score (nSPS) is 23.8. The third kappa shape index (κ3) is 3.22. The van der Waals surface area contributed by atoms with Crippen molar-refractivity contribution in [2.24, 2.45) is 5.16 Å². The highest BCUT2D eigenvalue weighted by atomic mass is 16.6. The van der Waals surface area contributed by atoms with Gasteiger partial charge in [0, 0.05) is 25.1 Å². The Morgan fingerprint density at radius 1 is 1.45 bits per heavy atom. The second-order valence-corrected chi connectivity index (χ2v) is 5.42. The van der Waals surface area contributed by atoms with Gasteiger partial charge in [0.05, 0.1) is 18.9 Å². The Morgan fingerprint density at radius 2 is 2.32 bits per heavy atom. The van der Waals surface area contributed by atoms with Gasteiger partial charge in [0.25, 0.3) is 5.91 Å². The first kappa shape index (κ1) is 14.8.